The maximum absolute atomic E-state index is 11.8. The fourth-order valence-corrected chi connectivity index (χ4v) is 3.37. The van der Waals surface area contributed by atoms with Gasteiger partial charge >= 0.3 is 6.03 Å². The van der Waals surface area contributed by atoms with E-state index in [9.17, 15) is 4.79 Å². The molecule has 2 aromatic rings. The molecule has 3 rings (SSSR count). The van der Waals surface area contributed by atoms with Crippen LogP contribution in [0.1, 0.15) is 19.4 Å². The zero-order valence-electron chi connectivity index (χ0n) is 17.8. The molecule has 0 atom stereocenters. The lowest BCUT2D eigenvalue weighted by Gasteiger charge is -2.36. The summed E-state index contributed by atoms with van der Waals surface area (Å²) in [5.41, 5.74) is 9.17. The lowest BCUT2D eigenvalue weighted by atomic mass is 10.2. The largest absolute Gasteiger partial charge is 0.370 e. The third-order valence-electron chi connectivity index (χ3n) is 4.85. The van der Waals surface area contributed by atoms with Crippen LogP contribution in [-0.4, -0.2) is 49.1 Å². The van der Waals surface area contributed by atoms with Crippen LogP contribution in [0, 0.1) is 0 Å². The van der Waals surface area contributed by atoms with E-state index in [4.69, 9.17) is 17.3 Å². The van der Waals surface area contributed by atoms with Crippen molar-refractivity contribution in [2.45, 2.75) is 26.4 Å². The van der Waals surface area contributed by atoms with Gasteiger partial charge in [0.1, 0.15) is 0 Å². The van der Waals surface area contributed by atoms with Crippen LogP contribution in [-0.2, 0) is 6.54 Å². The van der Waals surface area contributed by atoms with Crippen LogP contribution in [0.25, 0.3) is 0 Å². The molecule has 0 aliphatic carbocycles. The second kappa shape index (κ2) is 12.0. The fourth-order valence-electron chi connectivity index (χ4n) is 3.24. The molecule has 0 spiro atoms. The fraction of sp³-hybridized carbons (Fsp3) is 0.364. The van der Waals surface area contributed by atoms with Gasteiger partial charge in [0.2, 0.25) is 0 Å². The highest BCUT2D eigenvalue weighted by molar-refractivity contribution is 14.0. The SMILES string of the molecule is CC(C)NC(=O)Nc1ccc(CN=C(N)N2CCN(c3ccc(Cl)cc3)CC2)cc1.I. The summed E-state index contributed by atoms with van der Waals surface area (Å²) in [6.07, 6.45) is 0. The van der Waals surface area contributed by atoms with Gasteiger partial charge in [-0.15, -0.1) is 24.0 Å². The number of aliphatic imine (C=N–C) groups is 1. The maximum atomic E-state index is 11.8. The van der Waals surface area contributed by atoms with Crippen molar-refractivity contribution in [3.63, 3.8) is 0 Å². The molecular formula is C22H30ClIN6O. The van der Waals surface area contributed by atoms with E-state index >= 15 is 0 Å². The monoisotopic (exact) mass is 556 g/mol. The van der Waals surface area contributed by atoms with Crippen LogP contribution in [0.2, 0.25) is 5.02 Å². The zero-order valence-corrected chi connectivity index (χ0v) is 20.9. The highest BCUT2D eigenvalue weighted by atomic mass is 127. The molecule has 4 N–H and O–H groups in total. The number of nitrogens with two attached hydrogens (primary N) is 1. The summed E-state index contributed by atoms with van der Waals surface area (Å²) < 4.78 is 0. The first-order valence-corrected chi connectivity index (χ1v) is 10.5. The van der Waals surface area contributed by atoms with Gasteiger partial charge in [-0.25, -0.2) is 9.79 Å². The summed E-state index contributed by atoms with van der Waals surface area (Å²) in [7, 11) is 0. The van der Waals surface area contributed by atoms with E-state index in [1.54, 1.807) is 0 Å². The van der Waals surface area contributed by atoms with E-state index < -0.39 is 0 Å². The number of halogens is 2. The van der Waals surface area contributed by atoms with E-state index in [1.165, 1.54) is 5.69 Å². The van der Waals surface area contributed by atoms with Gasteiger partial charge in [0.05, 0.1) is 6.54 Å². The van der Waals surface area contributed by atoms with Crippen molar-refractivity contribution in [3.05, 3.63) is 59.1 Å². The number of carbonyl (C=O) groups is 1. The van der Waals surface area contributed by atoms with Gasteiger partial charge in [0, 0.05) is 48.6 Å². The Hall–Kier alpha value is -2.20. The van der Waals surface area contributed by atoms with E-state index in [1.807, 2.05) is 62.4 Å². The van der Waals surface area contributed by atoms with Gasteiger partial charge in [-0.1, -0.05) is 23.7 Å². The molecule has 1 fully saturated rings. The van der Waals surface area contributed by atoms with Crippen molar-refractivity contribution < 1.29 is 4.79 Å². The van der Waals surface area contributed by atoms with Crippen LogP contribution in [0.4, 0.5) is 16.2 Å². The van der Waals surface area contributed by atoms with E-state index in [0.717, 1.165) is 42.5 Å². The first-order chi connectivity index (χ1) is 14.4. The molecule has 0 unspecified atom stereocenters. The molecule has 7 nitrogen and oxygen atoms in total. The van der Waals surface area contributed by atoms with Gasteiger partial charge in [-0.2, -0.15) is 0 Å². The molecule has 9 heteroatoms. The van der Waals surface area contributed by atoms with Crippen molar-refractivity contribution in [2.24, 2.45) is 10.7 Å². The summed E-state index contributed by atoms with van der Waals surface area (Å²) >= 11 is 5.97. The van der Waals surface area contributed by atoms with Crippen LogP contribution in [0.5, 0.6) is 0 Å². The Morgan fingerprint density at radius 3 is 2.26 bits per heavy atom. The van der Waals surface area contributed by atoms with Gasteiger partial charge in [-0.05, 0) is 55.8 Å². The van der Waals surface area contributed by atoms with Gasteiger partial charge in [0.25, 0.3) is 0 Å². The Morgan fingerprint density at radius 2 is 1.68 bits per heavy atom. The Morgan fingerprint density at radius 1 is 1.06 bits per heavy atom. The van der Waals surface area contributed by atoms with Crippen molar-refractivity contribution >= 4 is 58.9 Å². The van der Waals surface area contributed by atoms with Crippen LogP contribution in [0.15, 0.2) is 53.5 Å². The third-order valence-corrected chi connectivity index (χ3v) is 5.10. The normalized spacial score (nSPS) is 14.3. The Balaban J connectivity index is 0.00000341. The van der Waals surface area contributed by atoms with Crippen molar-refractivity contribution in [3.8, 4) is 0 Å². The summed E-state index contributed by atoms with van der Waals surface area (Å²) in [4.78, 5) is 20.7. The summed E-state index contributed by atoms with van der Waals surface area (Å²) in [6, 6.07) is 15.4. The van der Waals surface area contributed by atoms with Gasteiger partial charge < -0.3 is 26.2 Å². The first kappa shape index (κ1) is 25.1. The number of guanidine groups is 1. The van der Waals surface area contributed by atoms with Crippen molar-refractivity contribution in [2.75, 3.05) is 36.4 Å². The molecule has 0 aromatic heterocycles. The number of hydrogen-bond donors (Lipinski definition) is 3. The number of anilines is 2. The van der Waals surface area contributed by atoms with Crippen LogP contribution in [0.3, 0.4) is 0 Å². The summed E-state index contributed by atoms with van der Waals surface area (Å²) in [5.74, 6) is 0.560. The molecule has 1 aliphatic heterocycles. The van der Waals surface area contributed by atoms with E-state index in [0.29, 0.717) is 12.5 Å². The molecular weight excluding hydrogens is 527 g/mol. The number of carbonyl (C=O) groups excluding carboxylic acids is 1. The molecule has 1 saturated heterocycles. The molecule has 0 saturated carbocycles. The molecule has 2 aromatic carbocycles. The van der Waals surface area contributed by atoms with Crippen LogP contribution >= 0.6 is 35.6 Å². The second-order valence-corrected chi connectivity index (χ2v) is 8.01. The minimum absolute atomic E-state index is 0. The lowest BCUT2D eigenvalue weighted by molar-refractivity contribution is 0.250. The van der Waals surface area contributed by atoms with Gasteiger partial charge in [0.15, 0.2) is 5.96 Å². The molecule has 2 amide bonds. The smallest absolute Gasteiger partial charge is 0.319 e. The van der Waals surface area contributed by atoms with Crippen molar-refractivity contribution in [1.82, 2.24) is 10.2 Å². The number of rotatable bonds is 5. The highest BCUT2D eigenvalue weighted by Crippen LogP contribution is 2.19. The minimum atomic E-state index is -0.210. The molecule has 31 heavy (non-hydrogen) atoms. The molecule has 1 aliphatic rings. The number of nitrogens with one attached hydrogen (secondary N) is 2. The highest BCUT2D eigenvalue weighted by Gasteiger charge is 2.18. The number of amides is 2. The van der Waals surface area contributed by atoms with E-state index in [2.05, 4.69) is 25.4 Å². The number of hydrogen-bond acceptors (Lipinski definition) is 3. The molecule has 168 valence electrons. The van der Waals surface area contributed by atoms with Gasteiger partial charge in [-0.3, -0.25) is 0 Å². The summed E-state index contributed by atoms with van der Waals surface area (Å²) in [5, 5.41) is 6.35. The number of nitrogens with zero attached hydrogens (tertiary/aromatic N) is 3. The number of benzene rings is 2. The maximum Gasteiger partial charge on any atom is 0.319 e. The second-order valence-electron chi connectivity index (χ2n) is 7.58. The molecule has 0 bridgehead atoms. The third kappa shape index (κ3) is 7.77. The zero-order chi connectivity index (χ0) is 21.5. The Kier molecular flexibility index (Phi) is 9.70. The number of urea groups is 1. The Labute approximate surface area is 206 Å². The standard InChI is InChI=1S/C22H29ClN6O.HI/c1-16(2)26-22(30)27-19-7-3-17(4-8-19)15-25-21(24)29-13-11-28(12-14-29)20-9-5-18(23)6-10-20;/h3-10,16H,11-15H2,1-2H3,(H2,24,25)(H2,26,27,30);1H. The predicted molar refractivity (Wildman–Crippen MR) is 140 cm³/mol. The predicted octanol–water partition coefficient (Wildman–Crippen LogP) is 4.12. The number of piperazine rings is 1. The molecule has 0 radical (unpaired) electrons. The molecule has 1 heterocycles. The first-order valence-electron chi connectivity index (χ1n) is 10.1. The Bertz CT molecular complexity index is 865. The minimum Gasteiger partial charge on any atom is -0.370 e. The summed E-state index contributed by atoms with van der Waals surface area (Å²) in [6.45, 7) is 7.76. The lowest BCUT2D eigenvalue weighted by Crippen LogP contribution is -2.51. The average Bonchev–Trinajstić information content (AvgIpc) is 2.73. The quantitative estimate of drug-likeness (QED) is 0.294. The van der Waals surface area contributed by atoms with Crippen molar-refractivity contribution in [1.29, 1.82) is 0 Å². The van der Waals surface area contributed by atoms with Crippen LogP contribution < -0.4 is 21.3 Å². The topological polar surface area (TPSA) is 86.0 Å². The average molecular weight is 557 g/mol. The van der Waals surface area contributed by atoms with E-state index in [-0.39, 0.29) is 36.0 Å².